The van der Waals surface area contributed by atoms with Gasteiger partial charge in [0.25, 0.3) is 0 Å². The highest BCUT2D eigenvalue weighted by molar-refractivity contribution is 5.77. The first-order valence-electron chi connectivity index (χ1n) is 5.24. The Kier molecular flexibility index (Phi) is 2.33. The number of hydrogen-bond acceptors (Lipinski definition) is 1. The van der Waals surface area contributed by atoms with E-state index in [4.69, 9.17) is 0 Å². The smallest absolute Gasteiger partial charge is 0.244 e. The van der Waals surface area contributed by atoms with Crippen LogP contribution >= 0.6 is 0 Å². The molecule has 0 aliphatic carbocycles. The van der Waals surface area contributed by atoms with E-state index in [2.05, 4.69) is 16.8 Å². The van der Waals surface area contributed by atoms with Gasteiger partial charge in [0.15, 0.2) is 0 Å². The van der Waals surface area contributed by atoms with Crippen molar-refractivity contribution in [1.29, 1.82) is 0 Å². The van der Waals surface area contributed by atoms with E-state index in [9.17, 15) is 0 Å². The minimum Gasteiger partial charge on any atom is -0.278 e. The number of hydrogen-bond donors (Lipinski definition) is 1. The Hall–Kier alpha value is -0.530. The van der Waals surface area contributed by atoms with Gasteiger partial charge in [-0.2, -0.15) is 0 Å². The molecule has 2 aliphatic rings. The van der Waals surface area contributed by atoms with Crippen LogP contribution in [0, 0.1) is 0 Å². The van der Waals surface area contributed by atoms with Gasteiger partial charge in [0.1, 0.15) is 0 Å². The van der Waals surface area contributed by atoms with E-state index in [1.807, 2.05) is 0 Å². The van der Waals surface area contributed by atoms with Gasteiger partial charge in [0.05, 0.1) is 19.1 Å². The minimum atomic E-state index is 0.773. The fraction of sp³-hybridized carbons (Fsp3) is 0.900. The van der Waals surface area contributed by atoms with Gasteiger partial charge in [-0.25, -0.2) is 0 Å². The average Bonchev–Trinajstić information content (AvgIpc) is 2.29. The Bertz CT molecular complexity index is 196. The van der Waals surface area contributed by atoms with Gasteiger partial charge in [-0.15, -0.1) is 0 Å². The van der Waals surface area contributed by atoms with Crippen LogP contribution in [0.3, 0.4) is 0 Å². The molecule has 0 saturated carbocycles. The minimum absolute atomic E-state index is 0.773. The van der Waals surface area contributed by atoms with Crippen LogP contribution in [0.2, 0.25) is 0 Å². The zero-order chi connectivity index (χ0) is 8.39. The Labute approximate surface area is 74.7 Å². The molecule has 0 aromatic heterocycles. The van der Waals surface area contributed by atoms with Crippen molar-refractivity contribution < 1.29 is 4.58 Å². The lowest BCUT2D eigenvalue weighted by Crippen LogP contribution is -2.43. The van der Waals surface area contributed by atoms with Gasteiger partial charge < -0.3 is 0 Å². The predicted octanol–water partition coefficient (Wildman–Crippen LogP) is 1.35. The van der Waals surface area contributed by atoms with Crippen LogP contribution in [-0.4, -0.2) is 29.5 Å². The van der Waals surface area contributed by atoms with Crippen LogP contribution in [0.5, 0.6) is 0 Å². The third kappa shape index (κ3) is 1.47. The second-order valence-corrected chi connectivity index (χ2v) is 4.02. The number of nitrogens with zero attached hydrogens (tertiary/aromatic N) is 1. The molecule has 0 radical (unpaired) electrons. The van der Waals surface area contributed by atoms with Crippen molar-refractivity contribution in [3.8, 4) is 0 Å². The molecule has 1 N–H and O–H groups in total. The largest absolute Gasteiger partial charge is 0.278 e. The zero-order valence-corrected chi connectivity index (χ0v) is 7.97. The van der Waals surface area contributed by atoms with Gasteiger partial charge in [0.2, 0.25) is 5.84 Å². The van der Waals surface area contributed by atoms with Crippen molar-refractivity contribution in [1.82, 2.24) is 5.32 Å². The molecule has 2 aliphatic heterocycles. The molecule has 2 nitrogen and oxygen atoms in total. The molecule has 1 unspecified atom stereocenters. The van der Waals surface area contributed by atoms with Gasteiger partial charge in [-0.3, -0.25) is 9.89 Å². The van der Waals surface area contributed by atoms with Gasteiger partial charge in [-0.05, 0) is 26.2 Å². The molecule has 68 valence electrons. The van der Waals surface area contributed by atoms with E-state index in [0.717, 1.165) is 6.04 Å². The lowest BCUT2D eigenvalue weighted by molar-refractivity contribution is -0.568. The quantitative estimate of drug-likeness (QED) is 0.538. The second-order valence-electron chi connectivity index (χ2n) is 4.02. The molecule has 0 spiro atoms. The van der Waals surface area contributed by atoms with Crippen LogP contribution in [0.25, 0.3) is 0 Å². The molecule has 2 rings (SSSR count). The Balaban J connectivity index is 2.18. The summed E-state index contributed by atoms with van der Waals surface area (Å²) in [4.78, 5) is 0. The average molecular weight is 167 g/mol. The van der Waals surface area contributed by atoms with Crippen molar-refractivity contribution in [3.05, 3.63) is 0 Å². The second kappa shape index (κ2) is 3.46. The topological polar surface area (TPSA) is 15.0 Å². The molecule has 12 heavy (non-hydrogen) atoms. The van der Waals surface area contributed by atoms with Crippen LogP contribution in [-0.2, 0) is 0 Å². The summed E-state index contributed by atoms with van der Waals surface area (Å²) in [6.07, 6.45) is 6.76. The zero-order valence-electron chi connectivity index (χ0n) is 7.97. The third-order valence-electron chi connectivity index (χ3n) is 3.07. The van der Waals surface area contributed by atoms with E-state index in [1.54, 1.807) is 0 Å². The summed E-state index contributed by atoms with van der Waals surface area (Å²) in [6.45, 7) is 4.83. The van der Waals surface area contributed by atoms with E-state index < -0.39 is 0 Å². The first-order valence-corrected chi connectivity index (χ1v) is 5.24. The monoisotopic (exact) mass is 167 g/mol. The summed E-state index contributed by atoms with van der Waals surface area (Å²) in [5.41, 5.74) is 0. The van der Waals surface area contributed by atoms with E-state index >= 15 is 0 Å². The van der Waals surface area contributed by atoms with Crippen LogP contribution in [0.4, 0.5) is 0 Å². The molecule has 0 aromatic rings. The van der Waals surface area contributed by atoms with Gasteiger partial charge in [-0.1, -0.05) is 0 Å². The summed E-state index contributed by atoms with van der Waals surface area (Å²) < 4.78 is 2.58. The maximum atomic E-state index is 3.53. The first kappa shape index (κ1) is 8.09. The molecule has 0 aromatic carbocycles. The fourth-order valence-corrected chi connectivity index (χ4v) is 2.33. The number of rotatable bonds is 0. The fourth-order valence-electron chi connectivity index (χ4n) is 2.33. The molecule has 0 amide bonds. The Morgan fingerprint density at radius 2 is 2.25 bits per heavy atom. The Morgan fingerprint density at radius 1 is 1.33 bits per heavy atom. The highest BCUT2D eigenvalue weighted by Gasteiger charge is 2.24. The van der Waals surface area contributed by atoms with Crippen molar-refractivity contribution in [2.45, 2.75) is 45.1 Å². The van der Waals surface area contributed by atoms with E-state index in [1.165, 1.54) is 51.0 Å². The lowest BCUT2D eigenvalue weighted by Gasteiger charge is -2.20. The standard InChI is InChI=1S/C10H18N2/c1-9-5-2-3-6-10-11-7-4-8-12(9)10/h9H,2-8H2,1H3/p+1. The summed E-state index contributed by atoms with van der Waals surface area (Å²) >= 11 is 0. The predicted molar refractivity (Wildman–Crippen MR) is 50.7 cm³/mol. The van der Waals surface area contributed by atoms with Crippen molar-refractivity contribution in [3.63, 3.8) is 0 Å². The first-order chi connectivity index (χ1) is 5.88. The van der Waals surface area contributed by atoms with Gasteiger partial charge >= 0.3 is 0 Å². The molecule has 0 bridgehead atoms. The highest BCUT2D eigenvalue weighted by atomic mass is 15.2. The van der Waals surface area contributed by atoms with Crippen LogP contribution in [0.1, 0.15) is 39.0 Å². The van der Waals surface area contributed by atoms with E-state index in [0.29, 0.717) is 0 Å². The van der Waals surface area contributed by atoms with Crippen molar-refractivity contribution in [2.24, 2.45) is 0 Å². The van der Waals surface area contributed by atoms with Crippen molar-refractivity contribution in [2.75, 3.05) is 13.1 Å². The molecular formula is C10H19N2+. The van der Waals surface area contributed by atoms with Crippen molar-refractivity contribution >= 4 is 5.84 Å². The maximum absolute atomic E-state index is 3.53. The molecule has 0 fully saturated rings. The SMILES string of the molecule is CC1CCCCC2=[N+]1CCCN2. The summed E-state index contributed by atoms with van der Waals surface area (Å²) in [5, 5.41) is 3.53. The number of nitrogens with one attached hydrogen (secondary N) is 1. The van der Waals surface area contributed by atoms with Crippen LogP contribution < -0.4 is 5.32 Å². The maximum Gasteiger partial charge on any atom is 0.244 e. The van der Waals surface area contributed by atoms with Gasteiger partial charge in [0, 0.05) is 12.8 Å². The summed E-state index contributed by atoms with van der Waals surface area (Å²) in [6, 6.07) is 0.773. The lowest BCUT2D eigenvalue weighted by atomic mass is 10.1. The molecule has 2 heterocycles. The highest BCUT2D eigenvalue weighted by Crippen LogP contribution is 2.14. The number of amidine groups is 1. The third-order valence-corrected chi connectivity index (χ3v) is 3.07. The normalized spacial score (nSPS) is 30.6. The molecular weight excluding hydrogens is 148 g/mol. The summed E-state index contributed by atoms with van der Waals surface area (Å²) in [5.74, 6) is 1.52. The van der Waals surface area contributed by atoms with E-state index in [-0.39, 0.29) is 0 Å². The molecule has 1 atom stereocenters. The molecule has 2 heteroatoms. The molecule has 0 saturated heterocycles. The summed E-state index contributed by atoms with van der Waals surface area (Å²) in [7, 11) is 0. The Morgan fingerprint density at radius 3 is 3.17 bits per heavy atom. The van der Waals surface area contributed by atoms with Crippen LogP contribution in [0.15, 0.2) is 0 Å².